The fourth-order valence-corrected chi connectivity index (χ4v) is 3.78. The third-order valence-corrected chi connectivity index (χ3v) is 5.19. The Labute approximate surface area is 180 Å². The minimum Gasteiger partial charge on any atom is -0.344 e. The summed E-state index contributed by atoms with van der Waals surface area (Å²) in [6.07, 6.45) is -2.07. The molecule has 1 aromatic carbocycles. The van der Waals surface area contributed by atoms with Crippen molar-refractivity contribution in [2.24, 2.45) is 0 Å². The number of hydrogen-bond acceptors (Lipinski definition) is 4. The van der Waals surface area contributed by atoms with Crippen molar-refractivity contribution in [1.82, 2.24) is 20.1 Å². The molecular weight excluding hydrogens is 431 g/mol. The topological polar surface area (TPSA) is 83.6 Å². The number of nitrogens with one attached hydrogen (secondary N) is 1. The molecule has 0 unspecified atom stereocenters. The van der Waals surface area contributed by atoms with E-state index in [-0.39, 0.29) is 22.2 Å². The van der Waals surface area contributed by atoms with Crippen LogP contribution in [0.15, 0.2) is 42.6 Å². The summed E-state index contributed by atoms with van der Waals surface area (Å²) in [5.41, 5.74) is 0.899. The maximum Gasteiger partial charge on any atom is 0.433 e. The summed E-state index contributed by atoms with van der Waals surface area (Å²) in [6.45, 7) is 0.592. The van der Waals surface area contributed by atoms with Crippen molar-refractivity contribution in [2.45, 2.75) is 31.6 Å². The first-order chi connectivity index (χ1) is 14.7. The minimum atomic E-state index is -4.55. The number of carbonyl (C=O) groups is 1. The van der Waals surface area contributed by atoms with Crippen LogP contribution >= 0.6 is 11.6 Å². The first kappa shape index (κ1) is 20.9. The first-order valence-corrected chi connectivity index (χ1v) is 9.75. The molecule has 31 heavy (non-hydrogen) atoms. The molecule has 10 heteroatoms. The van der Waals surface area contributed by atoms with E-state index in [1.54, 1.807) is 10.7 Å². The van der Waals surface area contributed by atoms with Crippen molar-refractivity contribution >= 4 is 17.5 Å². The summed E-state index contributed by atoms with van der Waals surface area (Å²) in [6, 6.07) is 10.1. The van der Waals surface area contributed by atoms with Crippen LogP contribution in [-0.4, -0.2) is 20.7 Å². The monoisotopic (exact) mass is 445 g/mol. The number of halogens is 4. The third-order valence-electron chi connectivity index (χ3n) is 4.97. The fraction of sp³-hybridized carbons (Fsp3) is 0.238. The Bertz CT molecular complexity index is 1200. The van der Waals surface area contributed by atoms with Gasteiger partial charge in [0.25, 0.3) is 5.91 Å². The van der Waals surface area contributed by atoms with E-state index in [0.29, 0.717) is 29.9 Å². The van der Waals surface area contributed by atoms with Crippen LogP contribution in [0.3, 0.4) is 0 Å². The molecule has 4 rings (SSSR count). The average Bonchev–Trinajstić information content (AvgIpc) is 3.18. The highest BCUT2D eigenvalue weighted by atomic mass is 35.5. The molecule has 6 nitrogen and oxygen atoms in total. The van der Waals surface area contributed by atoms with Crippen LogP contribution in [-0.2, 0) is 12.7 Å². The molecule has 1 amide bonds. The summed E-state index contributed by atoms with van der Waals surface area (Å²) in [5.74, 6) is -0.400. The number of benzene rings is 1. The first-order valence-electron chi connectivity index (χ1n) is 9.37. The van der Waals surface area contributed by atoms with Crippen LogP contribution in [0, 0.1) is 11.3 Å². The van der Waals surface area contributed by atoms with Crippen molar-refractivity contribution in [3.8, 4) is 17.3 Å². The number of hydrogen-bond donors (Lipinski definition) is 1. The Morgan fingerprint density at radius 3 is 2.81 bits per heavy atom. The summed E-state index contributed by atoms with van der Waals surface area (Å²) in [7, 11) is 0. The highest BCUT2D eigenvalue weighted by Crippen LogP contribution is 2.33. The largest absolute Gasteiger partial charge is 0.433 e. The number of fused-ring (bicyclic) bond motifs is 1. The Kier molecular flexibility index (Phi) is 5.41. The van der Waals surface area contributed by atoms with Crippen LogP contribution in [0.2, 0.25) is 5.02 Å². The van der Waals surface area contributed by atoms with Crippen LogP contribution in [0.25, 0.3) is 11.3 Å². The number of pyridine rings is 1. The molecule has 1 aliphatic rings. The normalized spacial score (nSPS) is 15.8. The van der Waals surface area contributed by atoms with Crippen molar-refractivity contribution in [2.75, 3.05) is 0 Å². The summed E-state index contributed by atoms with van der Waals surface area (Å²) in [4.78, 5) is 16.1. The zero-order chi connectivity index (χ0) is 22.2. The van der Waals surface area contributed by atoms with Gasteiger partial charge in [0.2, 0.25) is 0 Å². The molecule has 0 aliphatic carbocycles. The predicted octanol–water partition coefficient (Wildman–Crippen LogP) is 4.75. The molecule has 0 bridgehead atoms. The number of amides is 1. The van der Waals surface area contributed by atoms with Gasteiger partial charge in [0.15, 0.2) is 0 Å². The molecule has 1 atom stereocenters. The molecule has 1 aliphatic heterocycles. The number of carbonyl (C=O) groups excluding carboxylic acids is 1. The van der Waals surface area contributed by atoms with Gasteiger partial charge in [-0.25, -0.2) is 0 Å². The van der Waals surface area contributed by atoms with Crippen LogP contribution in [0.1, 0.15) is 46.2 Å². The maximum atomic E-state index is 13.0. The van der Waals surface area contributed by atoms with Gasteiger partial charge in [0.1, 0.15) is 5.69 Å². The van der Waals surface area contributed by atoms with E-state index in [0.717, 1.165) is 18.7 Å². The van der Waals surface area contributed by atoms with Crippen molar-refractivity contribution in [3.05, 3.63) is 70.1 Å². The van der Waals surface area contributed by atoms with E-state index in [1.165, 1.54) is 24.3 Å². The molecule has 158 valence electrons. The summed E-state index contributed by atoms with van der Waals surface area (Å²) >= 11 is 5.98. The zero-order valence-corrected chi connectivity index (χ0v) is 16.7. The van der Waals surface area contributed by atoms with Gasteiger partial charge in [-0.1, -0.05) is 11.6 Å². The molecule has 0 saturated heterocycles. The second-order valence-electron chi connectivity index (χ2n) is 7.11. The van der Waals surface area contributed by atoms with Gasteiger partial charge < -0.3 is 5.32 Å². The SMILES string of the molecule is N#Cc1cc(Cl)cc(C(=O)N[C@H]2CCCn3nc(-c4ccnc(C(F)(F)F)c4)cc32)c1. The molecule has 3 heterocycles. The molecule has 0 radical (unpaired) electrons. The molecule has 2 aromatic heterocycles. The Balaban J connectivity index is 1.61. The second-order valence-corrected chi connectivity index (χ2v) is 7.55. The van der Waals surface area contributed by atoms with Gasteiger partial charge >= 0.3 is 6.18 Å². The molecule has 0 saturated carbocycles. The highest BCUT2D eigenvalue weighted by Gasteiger charge is 2.33. The number of aryl methyl sites for hydroxylation is 1. The lowest BCUT2D eigenvalue weighted by atomic mass is 10.0. The van der Waals surface area contributed by atoms with Gasteiger partial charge in [-0.3, -0.25) is 14.5 Å². The van der Waals surface area contributed by atoms with Crippen LogP contribution in [0.4, 0.5) is 13.2 Å². The molecule has 0 spiro atoms. The standard InChI is InChI=1S/C21H15ClF3N5O/c22-15-7-12(11-26)6-14(8-15)20(31)28-16-2-1-5-30-18(16)10-17(29-30)13-3-4-27-19(9-13)21(23,24)25/h3-4,6-10,16H,1-2,5H2,(H,28,31)/t16-/m0/s1. The average molecular weight is 446 g/mol. The number of aromatic nitrogens is 3. The van der Waals surface area contributed by atoms with Crippen molar-refractivity contribution < 1.29 is 18.0 Å². The third kappa shape index (κ3) is 4.39. The maximum absolute atomic E-state index is 13.0. The number of rotatable bonds is 3. The molecule has 3 aromatic rings. The Morgan fingerprint density at radius 1 is 1.26 bits per heavy atom. The summed E-state index contributed by atoms with van der Waals surface area (Å²) in [5, 5.41) is 16.7. The van der Waals surface area contributed by atoms with E-state index in [1.807, 2.05) is 6.07 Å². The van der Waals surface area contributed by atoms with E-state index >= 15 is 0 Å². The lowest BCUT2D eigenvalue weighted by molar-refractivity contribution is -0.141. The molecule has 0 fully saturated rings. The van der Waals surface area contributed by atoms with Crippen molar-refractivity contribution in [1.29, 1.82) is 5.26 Å². The van der Waals surface area contributed by atoms with Gasteiger partial charge in [-0.15, -0.1) is 0 Å². The van der Waals surface area contributed by atoms with E-state index in [2.05, 4.69) is 15.4 Å². The molecule has 1 N–H and O–H groups in total. The molecular formula is C21H15ClF3N5O. The number of nitrogens with zero attached hydrogens (tertiary/aromatic N) is 4. The predicted molar refractivity (Wildman–Crippen MR) is 106 cm³/mol. The number of nitriles is 1. The van der Waals surface area contributed by atoms with E-state index in [9.17, 15) is 18.0 Å². The second kappa shape index (κ2) is 8.04. The van der Waals surface area contributed by atoms with Gasteiger partial charge in [-0.2, -0.15) is 23.5 Å². The van der Waals surface area contributed by atoms with Gasteiger partial charge in [0, 0.05) is 28.9 Å². The van der Waals surface area contributed by atoms with Crippen LogP contribution in [0.5, 0.6) is 0 Å². The minimum absolute atomic E-state index is 0.255. The van der Waals surface area contributed by atoms with Gasteiger partial charge in [-0.05, 0) is 49.2 Å². The van der Waals surface area contributed by atoms with E-state index in [4.69, 9.17) is 16.9 Å². The smallest absolute Gasteiger partial charge is 0.344 e. The highest BCUT2D eigenvalue weighted by molar-refractivity contribution is 6.31. The lowest BCUT2D eigenvalue weighted by Crippen LogP contribution is -2.32. The lowest BCUT2D eigenvalue weighted by Gasteiger charge is -2.24. The fourth-order valence-electron chi connectivity index (χ4n) is 3.54. The zero-order valence-electron chi connectivity index (χ0n) is 15.9. The quantitative estimate of drug-likeness (QED) is 0.630. The Morgan fingerprint density at radius 2 is 2.06 bits per heavy atom. The summed E-state index contributed by atoms with van der Waals surface area (Å²) < 4.78 is 40.7. The number of alkyl halides is 3. The van der Waals surface area contributed by atoms with Crippen LogP contribution < -0.4 is 5.32 Å². The van der Waals surface area contributed by atoms with Gasteiger partial charge in [0.05, 0.1) is 29.1 Å². The Hall–Kier alpha value is -3.38. The van der Waals surface area contributed by atoms with Crippen molar-refractivity contribution in [3.63, 3.8) is 0 Å². The van der Waals surface area contributed by atoms with E-state index < -0.39 is 17.8 Å².